The van der Waals surface area contributed by atoms with E-state index in [0.29, 0.717) is 17.1 Å². The van der Waals surface area contributed by atoms with Crippen LogP contribution >= 0.6 is 0 Å². The zero-order valence-electron chi connectivity index (χ0n) is 14.1. The maximum atomic E-state index is 12.4. The molecule has 5 heteroatoms. The Morgan fingerprint density at radius 1 is 0.920 bits per heavy atom. The molecule has 3 aromatic carbocycles. The molecule has 0 radical (unpaired) electrons. The average molecular weight is 337 g/mol. The van der Waals surface area contributed by atoms with Crippen molar-refractivity contribution in [2.45, 2.75) is 6.61 Å². The highest BCUT2D eigenvalue weighted by molar-refractivity contribution is 6.06. The van der Waals surface area contributed by atoms with Crippen LogP contribution < -0.4 is 15.0 Å². The molecular formula is C20H19NO4. The summed E-state index contributed by atoms with van der Waals surface area (Å²) in [6.07, 6.45) is 0. The van der Waals surface area contributed by atoms with Gasteiger partial charge in [-0.3, -0.25) is 9.63 Å². The predicted molar refractivity (Wildman–Crippen MR) is 95.7 cm³/mol. The summed E-state index contributed by atoms with van der Waals surface area (Å²) in [4.78, 5) is 17.8. The first-order chi connectivity index (χ1) is 12.2. The average Bonchev–Trinajstić information content (AvgIpc) is 2.67. The Balaban J connectivity index is 1.66. The molecule has 0 atom stereocenters. The highest BCUT2D eigenvalue weighted by Gasteiger charge is 2.10. The second kappa shape index (κ2) is 7.68. The first-order valence-corrected chi connectivity index (χ1v) is 7.83. The van der Waals surface area contributed by atoms with Gasteiger partial charge < -0.3 is 9.47 Å². The quantitative estimate of drug-likeness (QED) is 0.697. The lowest BCUT2D eigenvalue weighted by Gasteiger charge is -2.11. The van der Waals surface area contributed by atoms with Crippen LogP contribution in [0.2, 0.25) is 0 Å². The number of amides is 1. The Labute approximate surface area is 146 Å². The van der Waals surface area contributed by atoms with Crippen LogP contribution in [0.15, 0.2) is 60.7 Å². The molecule has 128 valence electrons. The van der Waals surface area contributed by atoms with Crippen LogP contribution in [-0.4, -0.2) is 20.1 Å². The molecule has 0 spiro atoms. The monoisotopic (exact) mass is 337 g/mol. The van der Waals surface area contributed by atoms with Gasteiger partial charge in [-0.05, 0) is 34.5 Å². The van der Waals surface area contributed by atoms with E-state index in [2.05, 4.69) is 5.48 Å². The topological polar surface area (TPSA) is 56.8 Å². The van der Waals surface area contributed by atoms with E-state index in [0.717, 1.165) is 16.3 Å². The summed E-state index contributed by atoms with van der Waals surface area (Å²) in [6, 6.07) is 18.8. The van der Waals surface area contributed by atoms with E-state index in [1.165, 1.54) is 0 Å². The molecule has 0 aliphatic rings. The first-order valence-electron chi connectivity index (χ1n) is 7.83. The molecule has 5 nitrogen and oxygen atoms in total. The minimum Gasteiger partial charge on any atom is -0.493 e. The number of hydrogen-bond donors (Lipinski definition) is 1. The van der Waals surface area contributed by atoms with Gasteiger partial charge in [-0.15, -0.1) is 0 Å². The minimum absolute atomic E-state index is 0.219. The van der Waals surface area contributed by atoms with Gasteiger partial charge in [-0.25, -0.2) is 5.48 Å². The number of fused-ring (bicyclic) bond motifs is 1. The van der Waals surface area contributed by atoms with Crippen molar-refractivity contribution in [1.82, 2.24) is 5.48 Å². The number of carbonyl (C=O) groups is 1. The Kier molecular flexibility index (Phi) is 5.16. The molecule has 0 unspecified atom stereocenters. The van der Waals surface area contributed by atoms with Crippen molar-refractivity contribution >= 4 is 16.7 Å². The number of rotatable bonds is 6. The fourth-order valence-corrected chi connectivity index (χ4v) is 2.63. The van der Waals surface area contributed by atoms with Crippen molar-refractivity contribution < 1.29 is 19.1 Å². The van der Waals surface area contributed by atoms with Crippen molar-refractivity contribution in [3.63, 3.8) is 0 Å². The molecule has 0 aliphatic heterocycles. The molecule has 1 amide bonds. The molecule has 0 heterocycles. The van der Waals surface area contributed by atoms with Crippen molar-refractivity contribution in [3.05, 3.63) is 71.8 Å². The third-order valence-electron chi connectivity index (χ3n) is 3.89. The van der Waals surface area contributed by atoms with Gasteiger partial charge >= 0.3 is 0 Å². The van der Waals surface area contributed by atoms with E-state index in [1.54, 1.807) is 26.4 Å². The minimum atomic E-state index is -0.280. The molecule has 3 aromatic rings. The van der Waals surface area contributed by atoms with E-state index in [1.807, 2.05) is 48.5 Å². The lowest BCUT2D eigenvalue weighted by Crippen LogP contribution is -2.23. The van der Waals surface area contributed by atoms with Crippen LogP contribution in [0.5, 0.6) is 11.5 Å². The number of benzene rings is 3. The molecule has 0 saturated heterocycles. The number of nitrogens with one attached hydrogen (secondary N) is 1. The van der Waals surface area contributed by atoms with Crippen LogP contribution in [0.3, 0.4) is 0 Å². The highest BCUT2D eigenvalue weighted by atomic mass is 16.6. The third-order valence-corrected chi connectivity index (χ3v) is 3.89. The first kappa shape index (κ1) is 16.8. The second-order valence-corrected chi connectivity index (χ2v) is 5.44. The Bertz CT molecular complexity index is 887. The summed E-state index contributed by atoms with van der Waals surface area (Å²) in [5, 5.41) is 1.90. The van der Waals surface area contributed by atoms with Crippen LogP contribution in [0.4, 0.5) is 0 Å². The number of ether oxygens (including phenoxy) is 2. The third kappa shape index (κ3) is 3.72. The number of methoxy groups -OCH3 is 2. The molecule has 1 N–H and O–H groups in total. The van der Waals surface area contributed by atoms with E-state index >= 15 is 0 Å². The highest BCUT2D eigenvalue weighted by Crippen LogP contribution is 2.27. The predicted octanol–water partition coefficient (Wildman–Crippen LogP) is 3.72. The molecular weight excluding hydrogens is 318 g/mol. The molecule has 0 aromatic heterocycles. The number of carbonyl (C=O) groups excluding carboxylic acids is 1. The van der Waals surface area contributed by atoms with Gasteiger partial charge in [-0.2, -0.15) is 0 Å². The largest absolute Gasteiger partial charge is 0.493 e. The van der Waals surface area contributed by atoms with Crippen molar-refractivity contribution in [3.8, 4) is 11.5 Å². The summed E-state index contributed by atoms with van der Waals surface area (Å²) in [5.41, 5.74) is 3.93. The standard InChI is InChI=1S/C20H19NO4/c1-23-18-11-10-14(12-19(18)24-2)13-25-21-20(22)17-9-5-7-15-6-3-4-8-16(15)17/h3-12H,13H2,1-2H3,(H,21,22). The van der Waals surface area contributed by atoms with Gasteiger partial charge in [0.2, 0.25) is 0 Å². The summed E-state index contributed by atoms with van der Waals surface area (Å²) in [7, 11) is 3.16. The molecule has 3 rings (SSSR count). The maximum absolute atomic E-state index is 12.4. The van der Waals surface area contributed by atoms with Gasteiger partial charge in [0.15, 0.2) is 11.5 Å². The van der Waals surface area contributed by atoms with E-state index in [-0.39, 0.29) is 12.5 Å². The molecule has 0 saturated carbocycles. The normalized spacial score (nSPS) is 10.5. The van der Waals surface area contributed by atoms with Gasteiger partial charge in [0.25, 0.3) is 5.91 Å². The SMILES string of the molecule is COc1ccc(CONC(=O)c2cccc3ccccc23)cc1OC. The zero-order valence-corrected chi connectivity index (χ0v) is 14.1. The van der Waals surface area contributed by atoms with E-state index < -0.39 is 0 Å². The Morgan fingerprint density at radius 2 is 1.68 bits per heavy atom. The van der Waals surface area contributed by atoms with Crippen molar-refractivity contribution in [2.75, 3.05) is 14.2 Å². The van der Waals surface area contributed by atoms with E-state index in [4.69, 9.17) is 14.3 Å². The Hall–Kier alpha value is -3.05. The summed E-state index contributed by atoms with van der Waals surface area (Å²) >= 11 is 0. The Morgan fingerprint density at radius 3 is 2.48 bits per heavy atom. The van der Waals surface area contributed by atoms with Crippen LogP contribution in [-0.2, 0) is 11.4 Å². The number of hydrogen-bond acceptors (Lipinski definition) is 4. The smallest absolute Gasteiger partial charge is 0.275 e. The molecule has 0 fully saturated rings. The second-order valence-electron chi connectivity index (χ2n) is 5.44. The molecule has 0 aliphatic carbocycles. The number of hydroxylamine groups is 1. The van der Waals surface area contributed by atoms with Crippen LogP contribution in [0, 0.1) is 0 Å². The summed E-state index contributed by atoms with van der Waals surface area (Å²) in [5.74, 6) is 0.979. The van der Waals surface area contributed by atoms with E-state index in [9.17, 15) is 4.79 Å². The lowest BCUT2D eigenvalue weighted by molar-refractivity contribution is 0.0234. The van der Waals surface area contributed by atoms with Crippen molar-refractivity contribution in [2.24, 2.45) is 0 Å². The fourth-order valence-electron chi connectivity index (χ4n) is 2.63. The maximum Gasteiger partial charge on any atom is 0.275 e. The van der Waals surface area contributed by atoms with Crippen LogP contribution in [0.25, 0.3) is 10.8 Å². The van der Waals surface area contributed by atoms with Crippen molar-refractivity contribution in [1.29, 1.82) is 0 Å². The van der Waals surface area contributed by atoms with Gasteiger partial charge in [0, 0.05) is 5.56 Å². The molecule has 0 bridgehead atoms. The lowest BCUT2D eigenvalue weighted by atomic mass is 10.0. The summed E-state index contributed by atoms with van der Waals surface area (Å²) in [6.45, 7) is 0.219. The summed E-state index contributed by atoms with van der Waals surface area (Å²) < 4.78 is 10.5. The molecule has 25 heavy (non-hydrogen) atoms. The van der Waals surface area contributed by atoms with Gasteiger partial charge in [0.05, 0.1) is 20.8 Å². The fraction of sp³-hybridized carbons (Fsp3) is 0.150. The van der Waals surface area contributed by atoms with Crippen LogP contribution in [0.1, 0.15) is 15.9 Å². The zero-order chi connectivity index (χ0) is 17.6. The van der Waals surface area contributed by atoms with Gasteiger partial charge in [0.1, 0.15) is 0 Å². The van der Waals surface area contributed by atoms with Gasteiger partial charge in [-0.1, -0.05) is 42.5 Å².